The van der Waals surface area contributed by atoms with Gasteiger partial charge in [-0.05, 0) is 19.3 Å². The predicted molar refractivity (Wildman–Crippen MR) is 84.4 cm³/mol. The molecular formula is C14H33N3O5. The standard InChI is InChI=1S/C14H33N3O5/c15-4-5-16-13(1-8-18)14(2-9-19,3-10-20)17(6-11-21)7-12-22/h13,16,18-22H,1-12,15H2. The molecule has 0 spiro atoms. The number of nitrogens with two attached hydrogens (primary N) is 1. The van der Waals surface area contributed by atoms with Crippen LogP contribution in [-0.4, -0.2) is 101 Å². The third-order valence-corrected chi connectivity index (χ3v) is 4.06. The fourth-order valence-corrected chi connectivity index (χ4v) is 3.14. The molecule has 0 aromatic rings. The van der Waals surface area contributed by atoms with Crippen LogP contribution in [0.25, 0.3) is 0 Å². The van der Waals surface area contributed by atoms with Gasteiger partial charge < -0.3 is 36.6 Å². The van der Waals surface area contributed by atoms with E-state index in [1.165, 1.54) is 0 Å². The molecule has 8 nitrogen and oxygen atoms in total. The van der Waals surface area contributed by atoms with Gasteiger partial charge in [-0.25, -0.2) is 0 Å². The Bertz CT molecular complexity index is 247. The summed E-state index contributed by atoms with van der Waals surface area (Å²) in [5, 5.41) is 50.3. The van der Waals surface area contributed by atoms with Gasteiger partial charge in [0.2, 0.25) is 0 Å². The van der Waals surface area contributed by atoms with Gasteiger partial charge in [0.1, 0.15) is 0 Å². The molecule has 0 bridgehead atoms. The summed E-state index contributed by atoms with van der Waals surface area (Å²) in [5.41, 5.74) is 4.87. The molecule has 1 unspecified atom stereocenters. The van der Waals surface area contributed by atoms with E-state index in [1.54, 1.807) is 0 Å². The third-order valence-electron chi connectivity index (χ3n) is 4.06. The molecule has 1 atom stereocenters. The van der Waals surface area contributed by atoms with E-state index in [4.69, 9.17) is 5.73 Å². The van der Waals surface area contributed by atoms with E-state index in [0.717, 1.165) is 0 Å². The molecule has 0 saturated carbocycles. The highest BCUT2D eigenvalue weighted by atomic mass is 16.3. The van der Waals surface area contributed by atoms with E-state index in [-0.39, 0.29) is 39.1 Å². The molecular weight excluding hydrogens is 290 g/mol. The minimum atomic E-state index is -0.674. The van der Waals surface area contributed by atoms with Crippen LogP contribution in [-0.2, 0) is 0 Å². The molecule has 8 N–H and O–H groups in total. The fraction of sp³-hybridized carbons (Fsp3) is 1.00. The maximum absolute atomic E-state index is 9.51. The molecule has 134 valence electrons. The molecule has 0 aliphatic rings. The Morgan fingerprint density at radius 3 is 1.77 bits per heavy atom. The first-order valence-corrected chi connectivity index (χ1v) is 7.89. The molecule has 0 aliphatic carbocycles. The summed E-state index contributed by atoms with van der Waals surface area (Å²) in [6, 6.07) is -0.224. The van der Waals surface area contributed by atoms with Crippen molar-refractivity contribution in [2.24, 2.45) is 5.73 Å². The van der Waals surface area contributed by atoms with E-state index in [2.05, 4.69) is 5.32 Å². The fourth-order valence-electron chi connectivity index (χ4n) is 3.14. The molecule has 0 saturated heterocycles. The first-order valence-electron chi connectivity index (χ1n) is 7.89. The number of rotatable bonds is 15. The summed E-state index contributed by atoms with van der Waals surface area (Å²) in [7, 11) is 0. The van der Waals surface area contributed by atoms with Crippen LogP contribution in [0.1, 0.15) is 19.3 Å². The molecule has 8 heteroatoms. The van der Waals surface area contributed by atoms with Crippen molar-refractivity contribution in [2.45, 2.75) is 30.8 Å². The zero-order valence-corrected chi connectivity index (χ0v) is 13.3. The molecule has 0 radical (unpaired) electrons. The molecule has 0 aromatic heterocycles. The first-order chi connectivity index (χ1) is 10.7. The van der Waals surface area contributed by atoms with Crippen molar-refractivity contribution in [3.63, 3.8) is 0 Å². The summed E-state index contributed by atoms with van der Waals surface area (Å²) in [5.74, 6) is 0. The van der Waals surface area contributed by atoms with E-state index < -0.39 is 5.54 Å². The second kappa shape index (κ2) is 13.1. The maximum Gasteiger partial charge on any atom is 0.0558 e. The monoisotopic (exact) mass is 323 g/mol. The lowest BCUT2D eigenvalue weighted by atomic mass is 9.80. The molecule has 0 aliphatic heterocycles. The number of β-amino-alcohol motifs (C(OH)–C–C–N with tert-alkyl or cyclic N) is 2. The smallest absolute Gasteiger partial charge is 0.0558 e. The van der Waals surface area contributed by atoms with Gasteiger partial charge >= 0.3 is 0 Å². The van der Waals surface area contributed by atoms with Gasteiger partial charge in [-0.1, -0.05) is 0 Å². The molecule has 22 heavy (non-hydrogen) atoms. The Labute approximate surface area is 132 Å². The zero-order valence-electron chi connectivity index (χ0n) is 13.3. The van der Waals surface area contributed by atoms with Crippen molar-refractivity contribution in [1.82, 2.24) is 10.2 Å². The number of nitrogens with zero attached hydrogens (tertiary/aromatic N) is 1. The van der Waals surface area contributed by atoms with Crippen molar-refractivity contribution < 1.29 is 25.5 Å². The lowest BCUT2D eigenvalue weighted by Crippen LogP contribution is -2.64. The number of hydrogen-bond donors (Lipinski definition) is 7. The van der Waals surface area contributed by atoms with Gasteiger partial charge in [-0.2, -0.15) is 0 Å². The van der Waals surface area contributed by atoms with E-state index in [9.17, 15) is 25.5 Å². The van der Waals surface area contributed by atoms with Crippen LogP contribution in [0, 0.1) is 0 Å². The van der Waals surface area contributed by atoms with Crippen LogP contribution in [0.3, 0.4) is 0 Å². The molecule has 0 amide bonds. The highest BCUT2D eigenvalue weighted by molar-refractivity contribution is 5.00. The number of hydrogen-bond acceptors (Lipinski definition) is 8. The van der Waals surface area contributed by atoms with Crippen molar-refractivity contribution in [2.75, 3.05) is 59.2 Å². The van der Waals surface area contributed by atoms with Crippen LogP contribution >= 0.6 is 0 Å². The van der Waals surface area contributed by atoms with Crippen molar-refractivity contribution in [3.05, 3.63) is 0 Å². The van der Waals surface area contributed by atoms with Gasteiger partial charge in [0.05, 0.1) is 13.2 Å². The van der Waals surface area contributed by atoms with Crippen LogP contribution in [0.2, 0.25) is 0 Å². The number of aliphatic hydroxyl groups is 5. The van der Waals surface area contributed by atoms with Gasteiger partial charge in [-0.15, -0.1) is 0 Å². The summed E-state index contributed by atoms with van der Waals surface area (Å²) in [6.07, 6.45) is 1.14. The largest absolute Gasteiger partial charge is 0.396 e. The van der Waals surface area contributed by atoms with Gasteiger partial charge in [-0.3, -0.25) is 4.90 Å². The quantitative estimate of drug-likeness (QED) is 0.170. The normalized spacial score (nSPS) is 13.8. The van der Waals surface area contributed by atoms with E-state index in [0.29, 0.717) is 45.4 Å². The summed E-state index contributed by atoms with van der Waals surface area (Å²) in [4.78, 5) is 1.88. The average Bonchev–Trinajstić information content (AvgIpc) is 2.51. The topological polar surface area (TPSA) is 142 Å². The third kappa shape index (κ3) is 6.43. The SMILES string of the molecule is NCCNC(CCO)C(CCO)(CCO)N(CCO)CCO. The summed E-state index contributed by atoms with van der Waals surface area (Å²) in [6.45, 7) is 1.15. The van der Waals surface area contributed by atoms with Crippen LogP contribution in [0.5, 0.6) is 0 Å². The maximum atomic E-state index is 9.51. The highest BCUT2D eigenvalue weighted by Crippen LogP contribution is 2.30. The van der Waals surface area contributed by atoms with Crippen molar-refractivity contribution >= 4 is 0 Å². The van der Waals surface area contributed by atoms with Gasteiger partial charge in [0.15, 0.2) is 0 Å². The van der Waals surface area contributed by atoms with Gasteiger partial charge in [0, 0.05) is 57.6 Å². The average molecular weight is 323 g/mol. The van der Waals surface area contributed by atoms with E-state index in [1.807, 2.05) is 4.90 Å². The van der Waals surface area contributed by atoms with Crippen LogP contribution in [0.15, 0.2) is 0 Å². The van der Waals surface area contributed by atoms with Crippen molar-refractivity contribution in [3.8, 4) is 0 Å². The number of aliphatic hydroxyl groups excluding tert-OH is 5. The first kappa shape index (κ1) is 21.7. The van der Waals surface area contributed by atoms with Crippen LogP contribution < -0.4 is 11.1 Å². The Kier molecular flexibility index (Phi) is 13.0. The Morgan fingerprint density at radius 2 is 1.41 bits per heavy atom. The minimum absolute atomic E-state index is 0.0487. The molecule has 0 heterocycles. The van der Waals surface area contributed by atoms with Gasteiger partial charge in [0.25, 0.3) is 0 Å². The lowest BCUT2D eigenvalue weighted by molar-refractivity contribution is -0.0166. The lowest BCUT2D eigenvalue weighted by Gasteiger charge is -2.49. The van der Waals surface area contributed by atoms with E-state index >= 15 is 0 Å². The second-order valence-corrected chi connectivity index (χ2v) is 5.29. The Hall–Kier alpha value is -0.320. The zero-order chi connectivity index (χ0) is 16.8. The Balaban J connectivity index is 5.52. The van der Waals surface area contributed by atoms with Crippen molar-refractivity contribution in [1.29, 1.82) is 0 Å². The summed E-state index contributed by atoms with van der Waals surface area (Å²) < 4.78 is 0. The van der Waals surface area contributed by atoms with Crippen LogP contribution in [0.4, 0.5) is 0 Å². The minimum Gasteiger partial charge on any atom is -0.396 e. The predicted octanol–water partition coefficient (Wildman–Crippen LogP) is -2.92. The second-order valence-electron chi connectivity index (χ2n) is 5.29. The molecule has 0 fully saturated rings. The molecule has 0 rings (SSSR count). The summed E-state index contributed by atoms with van der Waals surface area (Å²) >= 11 is 0. The highest BCUT2D eigenvalue weighted by Gasteiger charge is 2.42. The molecule has 0 aromatic carbocycles. The number of nitrogens with one attached hydrogen (secondary N) is 1. The Morgan fingerprint density at radius 1 is 0.864 bits per heavy atom.